The van der Waals surface area contributed by atoms with Gasteiger partial charge in [0, 0.05) is 46.3 Å². The third-order valence-electron chi connectivity index (χ3n) is 4.79. The number of ether oxygens (including phenoxy) is 1. The first kappa shape index (κ1) is 23.1. The molecule has 1 N–H and O–H groups in total. The zero-order chi connectivity index (χ0) is 21.6. The molecule has 2 aliphatic heterocycles. The molecule has 164 valence electrons. The summed E-state index contributed by atoms with van der Waals surface area (Å²) >= 11 is 0. The summed E-state index contributed by atoms with van der Waals surface area (Å²) in [7, 11) is 1.71. The molecule has 3 heterocycles. The number of methoxy groups -OCH3 is 1. The van der Waals surface area contributed by atoms with Gasteiger partial charge in [-0.15, -0.1) is 0 Å². The molecule has 0 aromatic carbocycles. The van der Waals surface area contributed by atoms with E-state index in [1.54, 1.807) is 7.11 Å². The lowest BCUT2D eigenvalue weighted by Gasteiger charge is -2.29. The fraction of sp³-hybridized carbons (Fsp3) is 0.722. The van der Waals surface area contributed by atoms with E-state index >= 15 is 0 Å². The number of aromatic nitrogens is 1. The Morgan fingerprint density at radius 1 is 1.34 bits per heavy atom. The number of piperidine rings is 1. The van der Waals surface area contributed by atoms with Crippen LogP contribution in [0.25, 0.3) is 0 Å². The Balaban J connectivity index is 0.000000370. The second kappa shape index (κ2) is 10.1. The topological polar surface area (TPSA) is 96.1 Å². The van der Waals surface area contributed by atoms with Crippen LogP contribution >= 0.6 is 0 Å². The summed E-state index contributed by atoms with van der Waals surface area (Å²) in [5.74, 6) is -1.10. The van der Waals surface area contributed by atoms with Crippen LogP contribution in [0.3, 0.4) is 0 Å². The number of likely N-dealkylation sites (tertiary alicyclic amines) is 1. The van der Waals surface area contributed by atoms with Crippen LogP contribution < -0.4 is 0 Å². The molecule has 0 bridgehead atoms. The first-order valence-corrected chi connectivity index (χ1v) is 9.41. The van der Waals surface area contributed by atoms with Crippen molar-refractivity contribution in [2.24, 2.45) is 5.92 Å². The highest BCUT2D eigenvalue weighted by Crippen LogP contribution is 2.22. The Morgan fingerprint density at radius 3 is 2.62 bits per heavy atom. The molecule has 11 heteroatoms. The normalized spacial score (nSPS) is 19.9. The summed E-state index contributed by atoms with van der Waals surface area (Å²) in [4.78, 5) is 30.1. The predicted octanol–water partition coefficient (Wildman–Crippen LogP) is 2.18. The van der Waals surface area contributed by atoms with Crippen molar-refractivity contribution < 1.29 is 37.0 Å². The smallest absolute Gasteiger partial charge is 0.475 e. The molecule has 1 aromatic rings. The average molecular weight is 421 g/mol. The highest BCUT2D eigenvalue weighted by atomic mass is 19.4. The Morgan fingerprint density at radius 2 is 2.03 bits per heavy atom. The molecule has 0 spiro atoms. The number of alkyl halides is 3. The molecule has 29 heavy (non-hydrogen) atoms. The van der Waals surface area contributed by atoms with Gasteiger partial charge in [-0.25, -0.2) is 9.78 Å². The molecule has 1 saturated heterocycles. The van der Waals surface area contributed by atoms with Gasteiger partial charge in [-0.3, -0.25) is 9.69 Å². The summed E-state index contributed by atoms with van der Waals surface area (Å²) in [6.07, 6.45) is -2.01. The number of nitrogens with zero attached hydrogens (tertiary/aromatic N) is 3. The summed E-state index contributed by atoms with van der Waals surface area (Å²) in [6, 6.07) is 0. The number of hydrogen-bond donors (Lipinski definition) is 1. The van der Waals surface area contributed by atoms with Crippen LogP contribution in [-0.2, 0) is 22.5 Å². The lowest BCUT2D eigenvalue weighted by Crippen LogP contribution is -2.39. The molecule has 1 unspecified atom stereocenters. The van der Waals surface area contributed by atoms with E-state index in [9.17, 15) is 18.0 Å². The Bertz CT molecular complexity index is 707. The molecule has 1 fully saturated rings. The minimum absolute atomic E-state index is 0.0515. The number of carbonyl (C=O) groups excluding carboxylic acids is 1. The summed E-state index contributed by atoms with van der Waals surface area (Å²) in [5, 5.41) is 7.12. The van der Waals surface area contributed by atoms with Gasteiger partial charge >= 0.3 is 18.1 Å². The monoisotopic (exact) mass is 421 g/mol. The fourth-order valence-corrected chi connectivity index (χ4v) is 3.26. The molecule has 2 aliphatic rings. The number of rotatable bonds is 4. The number of oxazole rings is 1. The quantitative estimate of drug-likeness (QED) is 0.796. The lowest BCUT2D eigenvalue weighted by atomic mass is 10.0. The van der Waals surface area contributed by atoms with E-state index in [1.165, 1.54) is 6.42 Å². The second-order valence-electron chi connectivity index (χ2n) is 7.21. The second-order valence-corrected chi connectivity index (χ2v) is 7.21. The van der Waals surface area contributed by atoms with Gasteiger partial charge in [-0.2, -0.15) is 13.2 Å². The Kier molecular flexibility index (Phi) is 8.03. The van der Waals surface area contributed by atoms with Crippen LogP contribution in [0.15, 0.2) is 4.42 Å². The zero-order valence-electron chi connectivity index (χ0n) is 16.5. The number of fused-ring (bicyclic) bond motifs is 1. The predicted molar refractivity (Wildman–Crippen MR) is 95.4 cm³/mol. The molecule has 1 aromatic heterocycles. The van der Waals surface area contributed by atoms with E-state index in [4.69, 9.17) is 19.1 Å². The maximum absolute atomic E-state index is 12.6. The van der Waals surface area contributed by atoms with Gasteiger partial charge in [0.05, 0.1) is 12.3 Å². The third-order valence-corrected chi connectivity index (χ3v) is 4.79. The third kappa shape index (κ3) is 6.70. The van der Waals surface area contributed by atoms with Crippen molar-refractivity contribution in [1.82, 2.24) is 14.8 Å². The van der Waals surface area contributed by atoms with E-state index in [1.807, 2.05) is 4.90 Å². The van der Waals surface area contributed by atoms with Gasteiger partial charge in [0.15, 0.2) is 0 Å². The molecule has 8 nitrogen and oxygen atoms in total. The molecule has 1 amide bonds. The van der Waals surface area contributed by atoms with Crippen molar-refractivity contribution in [3.05, 3.63) is 17.3 Å². The van der Waals surface area contributed by atoms with Crippen LogP contribution in [0.2, 0.25) is 0 Å². The van der Waals surface area contributed by atoms with Crippen molar-refractivity contribution in [1.29, 1.82) is 0 Å². The standard InChI is InChI=1S/C16H25N3O3.C2HF3O2/c1-12-4-3-6-19(10-12)16(20)15-17-13-11-18(8-9-21-2)7-5-14(13)22-15;3-2(4,5)1(6)7/h12H,3-11H2,1-2H3;(H,6,7). The zero-order valence-corrected chi connectivity index (χ0v) is 16.5. The lowest BCUT2D eigenvalue weighted by molar-refractivity contribution is -0.192. The number of halogens is 3. The van der Waals surface area contributed by atoms with E-state index in [0.29, 0.717) is 12.5 Å². The first-order valence-electron chi connectivity index (χ1n) is 9.41. The Labute approximate surface area is 166 Å². The van der Waals surface area contributed by atoms with Gasteiger partial charge < -0.3 is 19.2 Å². The summed E-state index contributed by atoms with van der Waals surface area (Å²) < 4.78 is 42.6. The molecular formula is C18H26F3N3O5. The number of carboxylic acid groups (broad SMARTS) is 1. The van der Waals surface area contributed by atoms with Crippen LogP contribution in [0.5, 0.6) is 0 Å². The SMILES string of the molecule is COCCN1CCc2oc(C(=O)N3CCCC(C)C3)nc2C1.O=C(O)C(F)(F)F. The van der Waals surface area contributed by atoms with E-state index in [2.05, 4.69) is 16.8 Å². The molecular weight excluding hydrogens is 395 g/mol. The number of hydrogen-bond acceptors (Lipinski definition) is 6. The minimum Gasteiger partial charge on any atom is -0.475 e. The van der Waals surface area contributed by atoms with Crippen molar-refractivity contribution in [3.63, 3.8) is 0 Å². The largest absolute Gasteiger partial charge is 0.490 e. The van der Waals surface area contributed by atoms with Crippen molar-refractivity contribution in [3.8, 4) is 0 Å². The van der Waals surface area contributed by atoms with Crippen molar-refractivity contribution >= 4 is 11.9 Å². The average Bonchev–Trinajstić information content (AvgIpc) is 3.08. The van der Waals surface area contributed by atoms with Crippen LogP contribution in [0, 0.1) is 5.92 Å². The maximum Gasteiger partial charge on any atom is 0.490 e. The molecule has 3 rings (SSSR count). The van der Waals surface area contributed by atoms with E-state index in [0.717, 1.165) is 57.0 Å². The highest BCUT2D eigenvalue weighted by molar-refractivity contribution is 5.89. The maximum atomic E-state index is 12.6. The van der Waals surface area contributed by atoms with Gasteiger partial charge in [0.1, 0.15) is 5.76 Å². The van der Waals surface area contributed by atoms with Crippen molar-refractivity contribution in [2.45, 2.75) is 38.9 Å². The van der Waals surface area contributed by atoms with Crippen LogP contribution in [0.1, 0.15) is 41.9 Å². The molecule has 0 aliphatic carbocycles. The van der Waals surface area contributed by atoms with Gasteiger partial charge in [-0.1, -0.05) is 6.92 Å². The highest BCUT2D eigenvalue weighted by Gasteiger charge is 2.38. The minimum atomic E-state index is -5.08. The molecule has 1 atom stereocenters. The number of carbonyl (C=O) groups is 2. The summed E-state index contributed by atoms with van der Waals surface area (Å²) in [5.41, 5.74) is 0.913. The van der Waals surface area contributed by atoms with E-state index < -0.39 is 12.1 Å². The summed E-state index contributed by atoms with van der Waals surface area (Å²) in [6.45, 7) is 7.09. The number of aliphatic carboxylic acids is 1. The molecule has 0 radical (unpaired) electrons. The Hall–Kier alpha value is -2.14. The van der Waals surface area contributed by atoms with Gasteiger partial charge in [-0.05, 0) is 18.8 Å². The number of amides is 1. The number of carboxylic acids is 1. The molecule has 0 saturated carbocycles. The first-order chi connectivity index (χ1) is 13.6. The van der Waals surface area contributed by atoms with Crippen LogP contribution in [-0.4, -0.2) is 77.8 Å². The van der Waals surface area contributed by atoms with E-state index in [-0.39, 0.29) is 11.8 Å². The van der Waals surface area contributed by atoms with Gasteiger partial charge in [0.2, 0.25) is 0 Å². The van der Waals surface area contributed by atoms with Crippen LogP contribution in [0.4, 0.5) is 13.2 Å². The fourth-order valence-electron chi connectivity index (χ4n) is 3.26. The van der Waals surface area contributed by atoms with Gasteiger partial charge in [0.25, 0.3) is 5.89 Å². The van der Waals surface area contributed by atoms with Crippen molar-refractivity contribution in [2.75, 3.05) is 39.9 Å².